The van der Waals surface area contributed by atoms with Crippen LogP contribution in [0.4, 0.5) is 0 Å². The Balaban J connectivity index is 1.74. The summed E-state index contributed by atoms with van der Waals surface area (Å²) in [4.78, 5) is 4.49. The summed E-state index contributed by atoms with van der Waals surface area (Å²) in [5.41, 5.74) is 0. The predicted octanol–water partition coefficient (Wildman–Crippen LogP) is 0.571. The van der Waals surface area contributed by atoms with Crippen LogP contribution in [0.25, 0.3) is 0 Å². The zero-order chi connectivity index (χ0) is 10.1. The van der Waals surface area contributed by atoms with Crippen molar-refractivity contribution in [2.75, 3.05) is 19.6 Å². The van der Waals surface area contributed by atoms with Crippen LogP contribution in [0.2, 0.25) is 0 Å². The van der Waals surface area contributed by atoms with Gasteiger partial charge in [0.1, 0.15) is 0 Å². The van der Waals surface area contributed by atoms with Crippen molar-refractivity contribution in [3.63, 3.8) is 0 Å². The molecule has 2 unspecified atom stereocenters. The zero-order valence-corrected chi connectivity index (χ0v) is 8.70. The Morgan fingerprint density at radius 1 is 1.27 bits per heavy atom. The topological polar surface area (TPSA) is 63.0 Å². The van der Waals surface area contributed by atoms with Crippen LogP contribution in [0.15, 0.2) is 4.52 Å². The Hall–Kier alpha value is -0.940. The molecule has 2 fully saturated rings. The lowest BCUT2D eigenvalue weighted by Gasteiger charge is -2.02. The fourth-order valence-corrected chi connectivity index (χ4v) is 2.32. The summed E-state index contributed by atoms with van der Waals surface area (Å²) in [7, 11) is 0. The van der Waals surface area contributed by atoms with E-state index in [4.69, 9.17) is 4.52 Å². The van der Waals surface area contributed by atoms with Gasteiger partial charge >= 0.3 is 0 Å². The molecular formula is C10H16N4O. The first-order chi connectivity index (χ1) is 7.43. The molecule has 82 valence electrons. The first-order valence-corrected chi connectivity index (χ1v) is 5.71. The van der Waals surface area contributed by atoms with Crippen molar-refractivity contribution in [3.05, 3.63) is 11.7 Å². The summed E-state index contributed by atoms with van der Waals surface area (Å²) in [6.45, 7) is 3.10. The van der Waals surface area contributed by atoms with Crippen molar-refractivity contribution in [3.8, 4) is 0 Å². The smallest absolute Gasteiger partial charge is 0.231 e. The maximum absolute atomic E-state index is 5.32. The molecule has 0 radical (unpaired) electrons. The first kappa shape index (κ1) is 9.30. The lowest BCUT2D eigenvalue weighted by atomic mass is 10.1. The highest BCUT2D eigenvalue weighted by Gasteiger charge is 2.26. The molecule has 0 amide bonds. The second kappa shape index (κ2) is 3.90. The van der Waals surface area contributed by atoms with Crippen LogP contribution in [0.3, 0.4) is 0 Å². The van der Waals surface area contributed by atoms with Gasteiger partial charge in [-0.05, 0) is 32.4 Å². The van der Waals surface area contributed by atoms with E-state index in [0.717, 1.165) is 44.2 Å². The second-order valence-corrected chi connectivity index (χ2v) is 4.33. The van der Waals surface area contributed by atoms with Gasteiger partial charge in [0, 0.05) is 6.54 Å². The Kier molecular flexibility index (Phi) is 2.42. The van der Waals surface area contributed by atoms with E-state index in [1.807, 2.05) is 0 Å². The number of aromatic nitrogens is 2. The molecule has 0 spiro atoms. The van der Waals surface area contributed by atoms with Gasteiger partial charge in [0.05, 0.1) is 12.0 Å². The van der Waals surface area contributed by atoms with Gasteiger partial charge in [-0.3, -0.25) is 0 Å². The van der Waals surface area contributed by atoms with Gasteiger partial charge in [0.25, 0.3) is 0 Å². The molecule has 0 saturated carbocycles. The molecule has 0 aromatic carbocycles. The van der Waals surface area contributed by atoms with Gasteiger partial charge in [0.15, 0.2) is 5.82 Å². The summed E-state index contributed by atoms with van der Waals surface area (Å²) >= 11 is 0. The van der Waals surface area contributed by atoms with Gasteiger partial charge in [0.2, 0.25) is 5.89 Å². The number of hydrogen-bond donors (Lipinski definition) is 2. The maximum atomic E-state index is 5.32. The molecule has 5 heteroatoms. The Morgan fingerprint density at radius 3 is 3.00 bits per heavy atom. The van der Waals surface area contributed by atoms with E-state index < -0.39 is 0 Å². The Morgan fingerprint density at radius 2 is 2.27 bits per heavy atom. The Bertz CT molecular complexity index is 295. The van der Waals surface area contributed by atoms with Crippen LogP contribution in [0.5, 0.6) is 0 Å². The molecule has 5 nitrogen and oxygen atoms in total. The highest BCUT2D eigenvalue weighted by Crippen LogP contribution is 2.24. The summed E-state index contributed by atoms with van der Waals surface area (Å²) in [6, 6.07) is 0.317. The van der Waals surface area contributed by atoms with E-state index in [0.29, 0.717) is 12.0 Å². The van der Waals surface area contributed by atoms with Crippen LogP contribution in [0, 0.1) is 0 Å². The molecule has 0 aliphatic carbocycles. The van der Waals surface area contributed by atoms with Gasteiger partial charge in [-0.1, -0.05) is 5.16 Å². The van der Waals surface area contributed by atoms with Crippen LogP contribution >= 0.6 is 0 Å². The SMILES string of the molecule is C1CNC(c2noc(C3CCNC3)n2)C1. The highest BCUT2D eigenvalue weighted by atomic mass is 16.5. The first-order valence-electron chi connectivity index (χ1n) is 5.71. The van der Waals surface area contributed by atoms with Crippen molar-refractivity contribution < 1.29 is 4.52 Å². The summed E-state index contributed by atoms with van der Waals surface area (Å²) in [5, 5.41) is 10.7. The second-order valence-electron chi connectivity index (χ2n) is 4.33. The summed E-state index contributed by atoms with van der Waals surface area (Å²) < 4.78 is 5.32. The predicted molar refractivity (Wildman–Crippen MR) is 54.5 cm³/mol. The maximum Gasteiger partial charge on any atom is 0.231 e. The Labute approximate surface area is 88.6 Å². The molecule has 1 aromatic heterocycles. The fourth-order valence-electron chi connectivity index (χ4n) is 2.32. The molecule has 2 atom stereocenters. The third kappa shape index (κ3) is 1.77. The average Bonchev–Trinajstić information content (AvgIpc) is 3.02. The van der Waals surface area contributed by atoms with E-state index >= 15 is 0 Å². The fraction of sp³-hybridized carbons (Fsp3) is 0.800. The van der Waals surface area contributed by atoms with E-state index in [2.05, 4.69) is 20.8 Å². The van der Waals surface area contributed by atoms with Gasteiger partial charge < -0.3 is 15.2 Å². The lowest BCUT2D eigenvalue weighted by molar-refractivity contribution is 0.351. The van der Waals surface area contributed by atoms with Gasteiger partial charge in [-0.15, -0.1) is 0 Å². The zero-order valence-electron chi connectivity index (χ0n) is 8.70. The third-order valence-electron chi connectivity index (χ3n) is 3.24. The minimum absolute atomic E-state index is 0.317. The van der Waals surface area contributed by atoms with E-state index in [1.54, 1.807) is 0 Å². The number of nitrogens with zero attached hydrogens (tertiary/aromatic N) is 2. The molecule has 2 aliphatic heterocycles. The molecule has 3 rings (SSSR count). The van der Waals surface area contributed by atoms with Crippen LogP contribution in [0.1, 0.15) is 42.9 Å². The minimum Gasteiger partial charge on any atom is -0.339 e. The largest absolute Gasteiger partial charge is 0.339 e. The normalized spacial score (nSPS) is 31.2. The number of nitrogens with one attached hydrogen (secondary N) is 2. The molecule has 15 heavy (non-hydrogen) atoms. The molecule has 3 heterocycles. The van der Waals surface area contributed by atoms with E-state index in [-0.39, 0.29) is 0 Å². The third-order valence-corrected chi connectivity index (χ3v) is 3.24. The van der Waals surface area contributed by atoms with Crippen LogP contribution < -0.4 is 10.6 Å². The summed E-state index contributed by atoms with van der Waals surface area (Å²) in [6.07, 6.45) is 3.45. The molecule has 0 bridgehead atoms. The molecule has 1 aromatic rings. The van der Waals surface area contributed by atoms with Crippen molar-refractivity contribution in [1.29, 1.82) is 0 Å². The van der Waals surface area contributed by atoms with E-state index in [1.165, 1.54) is 6.42 Å². The standard InChI is InChI=1S/C10H16N4O/c1-2-8(12-4-1)9-13-10(15-14-9)7-3-5-11-6-7/h7-8,11-12H,1-6H2. The molecule has 2 aliphatic rings. The lowest BCUT2D eigenvalue weighted by Crippen LogP contribution is -2.14. The summed E-state index contributed by atoms with van der Waals surface area (Å²) in [5.74, 6) is 2.07. The molecular weight excluding hydrogens is 192 g/mol. The number of rotatable bonds is 2. The highest BCUT2D eigenvalue weighted by molar-refractivity contribution is 5.02. The number of hydrogen-bond acceptors (Lipinski definition) is 5. The van der Waals surface area contributed by atoms with E-state index in [9.17, 15) is 0 Å². The minimum atomic E-state index is 0.317. The average molecular weight is 208 g/mol. The monoisotopic (exact) mass is 208 g/mol. The van der Waals surface area contributed by atoms with Crippen molar-refractivity contribution in [2.24, 2.45) is 0 Å². The quantitative estimate of drug-likeness (QED) is 0.744. The van der Waals surface area contributed by atoms with Crippen molar-refractivity contribution >= 4 is 0 Å². The van der Waals surface area contributed by atoms with Crippen molar-refractivity contribution in [2.45, 2.75) is 31.2 Å². The van der Waals surface area contributed by atoms with Crippen LogP contribution in [-0.4, -0.2) is 29.8 Å². The van der Waals surface area contributed by atoms with Gasteiger partial charge in [-0.25, -0.2) is 0 Å². The van der Waals surface area contributed by atoms with Crippen LogP contribution in [-0.2, 0) is 0 Å². The van der Waals surface area contributed by atoms with Crippen molar-refractivity contribution in [1.82, 2.24) is 20.8 Å². The molecule has 2 saturated heterocycles. The van der Waals surface area contributed by atoms with Gasteiger partial charge in [-0.2, -0.15) is 4.98 Å². The molecule has 2 N–H and O–H groups in total.